The van der Waals surface area contributed by atoms with Gasteiger partial charge in [0.2, 0.25) is 11.8 Å². The Kier molecular flexibility index (Phi) is 4.72. The lowest BCUT2D eigenvalue weighted by molar-refractivity contribution is -0.137. The zero-order valence-corrected chi connectivity index (χ0v) is 16.4. The molecule has 3 heterocycles. The van der Waals surface area contributed by atoms with Crippen molar-refractivity contribution in [3.63, 3.8) is 0 Å². The van der Waals surface area contributed by atoms with E-state index in [-0.39, 0.29) is 36.2 Å². The lowest BCUT2D eigenvalue weighted by atomic mass is 9.89. The summed E-state index contributed by atoms with van der Waals surface area (Å²) in [6.07, 6.45) is 8.37. The van der Waals surface area contributed by atoms with Crippen molar-refractivity contribution in [3.8, 4) is 0 Å². The van der Waals surface area contributed by atoms with E-state index in [2.05, 4.69) is 29.3 Å². The summed E-state index contributed by atoms with van der Waals surface area (Å²) < 4.78 is 0. The topological polar surface area (TPSA) is 96.8 Å². The molecule has 0 aromatic carbocycles. The first-order valence-electron chi connectivity index (χ1n) is 9.99. The van der Waals surface area contributed by atoms with Crippen LogP contribution in [-0.2, 0) is 9.59 Å². The molecule has 0 spiro atoms. The van der Waals surface area contributed by atoms with Gasteiger partial charge < -0.3 is 15.2 Å². The third-order valence-electron chi connectivity index (χ3n) is 6.41. The highest BCUT2D eigenvalue weighted by atomic mass is 16.2. The summed E-state index contributed by atoms with van der Waals surface area (Å²) in [7, 11) is 1.75. The maximum Gasteiger partial charge on any atom is 0.325 e. The highest BCUT2D eigenvalue weighted by molar-refractivity contribution is 6.02. The van der Waals surface area contributed by atoms with E-state index in [1.54, 1.807) is 23.1 Å². The van der Waals surface area contributed by atoms with Crippen molar-refractivity contribution in [1.29, 1.82) is 5.41 Å². The molecule has 8 heteroatoms. The minimum absolute atomic E-state index is 0.0646. The standard InChI is InChI=1S/C20H27N5O3/c1-12-9-14(24-7-5-13(11-21)6-8-24)10-16-18(12)25(20(28)23(16)2)15-3-4-17(26)22-19(15)27/h9-13,15,18,21H,3-8H2,1-2H3,(H,22,26,27). The van der Waals surface area contributed by atoms with Crippen LogP contribution >= 0.6 is 0 Å². The molecule has 4 aliphatic rings. The normalized spacial score (nSPS) is 31.4. The Labute approximate surface area is 164 Å². The molecule has 0 aromatic heterocycles. The van der Waals surface area contributed by atoms with Crippen molar-refractivity contribution < 1.29 is 14.4 Å². The Bertz CT molecular complexity index is 781. The highest BCUT2D eigenvalue weighted by Crippen LogP contribution is 2.39. The van der Waals surface area contributed by atoms with E-state index in [1.165, 1.54) is 0 Å². The van der Waals surface area contributed by atoms with Gasteiger partial charge in [0.15, 0.2) is 0 Å². The number of urea groups is 1. The summed E-state index contributed by atoms with van der Waals surface area (Å²) in [5.74, 6) is -0.231. The van der Waals surface area contributed by atoms with Gasteiger partial charge in [-0.3, -0.25) is 19.8 Å². The number of carbonyl (C=O) groups is 3. The van der Waals surface area contributed by atoms with Crippen LogP contribution in [0.5, 0.6) is 0 Å². The molecule has 8 nitrogen and oxygen atoms in total. The number of hydrogen-bond donors (Lipinski definition) is 2. The summed E-state index contributed by atoms with van der Waals surface area (Å²) in [5.41, 5.74) is 2.03. The van der Waals surface area contributed by atoms with E-state index in [1.807, 2.05) is 0 Å². The molecule has 2 N–H and O–H groups in total. The Morgan fingerprint density at radius 3 is 2.54 bits per heavy atom. The second kappa shape index (κ2) is 7.07. The zero-order chi connectivity index (χ0) is 20.0. The summed E-state index contributed by atoms with van der Waals surface area (Å²) in [6.45, 7) is 3.89. The average Bonchev–Trinajstić information content (AvgIpc) is 2.94. The lowest BCUT2D eigenvalue weighted by Gasteiger charge is -2.39. The number of allylic oxidation sites excluding steroid dienone is 1. The molecule has 4 rings (SSSR count). The van der Waals surface area contributed by atoms with Crippen LogP contribution in [-0.4, -0.2) is 71.0 Å². The fourth-order valence-electron chi connectivity index (χ4n) is 4.80. The number of hydrogen-bond acceptors (Lipinski definition) is 5. The molecule has 3 fully saturated rings. The van der Waals surface area contributed by atoms with Crippen LogP contribution in [0.4, 0.5) is 4.79 Å². The van der Waals surface area contributed by atoms with Crippen molar-refractivity contribution in [2.45, 2.75) is 44.7 Å². The van der Waals surface area contributed by atoms with Crippen LogP contribution in [0.15, 0.2) is 23.5 Å². The third kappa shape index (κ3) is 3.00. The maximum absolute atomic E-state index is 13.0. The van der Waals surface area contributed by atoms with Gasteiger partial charge in [-0.25, -0.2) is 4.79 Å². The minimum atomic E-state index is -0.607. The van der Waals surface area contributed by atoms with Crippen molar-refractivity contribution in [1.82, 2.24) is 20.0 Å². The number of amides is 4. The number of rotatable bonds is 3. The predicted molar refractivity (Wildman–Crippen MR) is 103 cm³/mol. The monoisotopic (exact) mass is 385 g/mol. The van der Waals surface area contributed by atoms with Gasteiger partial charge in [-0.05, 0) is 37.5 Å². The second-order valence-corrected chi connectivity index (χ2v) is 8.17. The van der Waals surface area contributed by atoms with Crippen molar-refractivity contribution in [2.75, 3.05) is 20.1 Å². The van der Waals surface area contributed by atoms with Crippen molar-refractivity contribution >= 4 is 24.1 Å². The van der Waals surface area contributed by atoms with Gasteiger partial charge in [0.1, 0.15) is 6.04 Å². The molecular weight excluding hydrogens is 358 g/mol. The van der Waals surface area contributed by atoms with Gasteiger partial charge in [-0.2, -0.15) is 0 Å². The second-order valence-electron chi connectivity index (χ2n) is 8.17. The molecule has 3 saturated heterocycles. The number of carbonyl (C=O) groups excluding carboxylic acids is 3. The van der Waals surface area contributed by atoms with Gasteiger partial charge >= 0.3 is 6.03 Å². The number of likely N-dealkylation sites (tertiary alicyclic amines) is 1. The van der Waals surface area contributed by atoms with Crippen LogP contribution < -0.4 is 5.32 Å². The van der Waals surface area contributed by atoms with Crippen LogP contribution in [0.1, 0.15) is 32.6 Å². The molecule has 28 heavy (non-hydrogen) atoms. The molecular formula is C20H27N5O3. The molecule has 3 atom stereocenters. The van der Waals surface area contributed by atoms with Crippen LogP contribution in [0.25, 0.3) is 0 Å². The first kappa shape index (κ1) is 18.7. The van der Waals surface area contributed by atoms with Crippen LogP contribution in [0, 0.1) is 17.2 Å². The number of nitrogens with one attached hydrogen (secondary N) is 2. The Morgan fingerprint density at radius 1 is 1.18 bits per heavy atom. The Hall–Kier alpha value is -2.64. The first-order chi connectivity index (χ1) is 13.4. The van der Waals surface area contributed by atoms with Crippen LogP contribution in [0.2, 0.25) is 0 Å². The zero-order valence-electron chi connectivity index (χ0n) is 16.4. The molecule has 3 aliphatic heterocycles. The number of nitrogens with zero attached hydrogens (tertiary/aromatic N) is 3. The molecule has 0 aromatic rings. The quantitative estimate of drug-likeness (QED) is 0.565. The summed E-state index contributed by atoms with van der Waals surface area (Å²) in [4.78, 5) is 42.5. The van der Waals surface area contributed by atoms with Gasteiger partial charge in [0, 0.05) is 43.9 Å². The van der Waals surface area contributed by atoms with Gasteiger partial charge in [0.05, 0.1) is 6.04 Å². The predicted octanol–water partition coefficient (Wildman–Crippen LogP) is 1.31. The fraction of sp³-hybridized carbons (Fsp3) is 0.600. The summed E-state index contributed by atoms with van der Waals surface area (Å²) in [6, 6.07) is -0.983. The molecule has 3 unspecified atom stereocenters. The Balaban J connectivity index is 1.58. The van der Waals surface area contributed by atoms with Gasteiger partial charge in [-0.1, -0.05) is 13.0 Å². The smallest absolute Gasteiger partial charge is 0.325 e. The lowest BCUT2D eigenvalue weighted by Crippen LogP contribution is -2.56. The van der Waals surface area contributed by atoms with Crippen LogP contribution in [0.3, 0.4) is 0 Å². The fourth-order valence-corrected chi connectivity index (χ4v) is 4.80. The number of fused-ring (bicyclic) bond motifs is 1. The van der Waals surface area contributed by atoms with E-state index in [4.69, 9.17) is 5.41 Å². The molecule has 1 aliphatic carbocycles. The van der Waals surface area contributed by atoms with E-state index < -0.39 is 6.04 Å². The Morgan fingerprint density at radius 2 is 1.89 bits per heavy atom. The van der Waals surface area contributed by atoms with Crippen molar-refractivity contribution in [3.05, 3.63) is 23.5 Å². The molecule has 0 radical (unpaired) electrons. The van der Waals surface area contributed by atoms with E-state index >= 15 is 0 Å². The molecule has 4 amide bonds. The summed E-state index contributed by atoms with van der Waals surface area (Å²) >= 11 is 0. The van der Waals surface area contributed by atoms with E-state index in [9.17, 15) is 14.4 Å². The van der Waals surface area contributed by atoms with Gasteiger partial charge in [0.25, 0.3) is 0 Å². The van der Waals surface area contributed by atoms with Crippen molar-refractivity contribution in [2.24, 2.45) is 11.8 Å². The number of likely N-dealkylation sites (N-methyl/N-ethyl adjacent to an activating group) is 1. The number of imide groups is 1. The molecule has 0 saturated carbocycles. The third-order valence-corrected chi connectivity index (χ3v) is 6.41. The SMILES string of the molecule is CC1C=C(N2CCC(C=N)CC2)C=C2C1N(C1CCC(=O)NC1=O)C(=O)N2C. The van der Waals surface area contributed by atoms with Gasteiger partial charge in [-0.15, -0.1) is 0 Å². The van der Waals surface area contributed by atoms with E-state index in [0.717, 1.165) is 37.3 Å². The first-order valence-corrected chi connectivity index (χ1v) is 9.99. The molecule has 0 bridgehead atoms. The highest BCUT2D eigenvalue weighted by Gasteiger charge is 2.49. The maximum atomic E-state index is 13.0. The number of piperidine rings is 2. The molecule has 150 valence electrons. The minimum Gasteiger partial charge on any atom is -0.372 e. The largest absolute Gasteiger partial charge is 0.372 e. The van der Waals surface area contributed by atoms with E-state index in [0.29, 0.717) is 12.3 Å². The summed E-state index contributed by atoms with van der Waals surface area (Å²) in [5, 5.41) is 9.83. The average molecular weight is 385 g/mol.